The van der Waals surface area contributed by atoms with Gasteiger partial charge in [-0.05, 0) is 61.3 Å². The summed E-state index contributed by atoms with van der Waals surface area (Å²) in [6.45, 7) is 7.54. The highest BCUT2D eigenvalue weighted by Crippen LogP contribution is 2.32. The van der Waals surface area contributed by atoms with Crippen molar-refractivity contribution in [2.75, 3.05) is 26.2 Å². The molecular formula is C31H45N5O5S. The van der Waals surface area contributed by atoms with Crippen LogP contribution in [0.5, 0.6) is 0 Å². The molecular weight excluding hydrogens is 554 g/mol. The van der Waals surface area contributed by atoms with E-state index in [4.69, 9.17) is 16.2 Å². The molecule has 1 saturated heterocycles. The van der Waals surface area contributed by atoms with Crippen molar-refractivity contribution in [1.29, 1.82) is 0 Å². The second-order valence-electron chi connectivity index (χ2n) is 11.3. The van der Waals surface area contributed by atoms with Crippen LogP contribution in [0, 0.1) is 5.92 Å². The molecule has 1 atom stereocenters. The van der Waals surface area contributed by atoms with Crippen LogP contribution < -0.4 is 16.2 Å². The van der Waals surface area contributed by atoms with Gasteiger partial charge in [0.15, 0.2) is 5.96 Å². The number of carbonyl (C=O) groups excluding carboxylic acids is 2. The number of piperidine rings is 1. The number of esters is 1. The van der Waals surface area contributed by atoms with Crippen molar-refractivity contribution in [1.82, 2.24) is 9.62 Å². The topological polar surface area (TPSA) is 157 Å². The summed E-state index contributed by atoms with van der Waals surface area (Å²) >= 11 is 0. The van der Waals surface area contributed by atoms with Gasteiger partial charge in [0.05, 0.1) is 11.5 Å². The molecule has 0 aliphatic carbocycles. The van der Waals surface area contributed by atoms with E-state index in [-0.39, 0.29) is 35.7 Å². The van der Waals surface area contributed by atoms with Crippen LogP contribution in [-0.2, 0) is 29.8 Å². The third-order valence-electron chi connectivity index (χ3n) is 7.91. The first-order chi connectivity index (χ1) is 19.9. The number of benzene rings is 2. The van der Waals surface area contributed by atoms with Gasteiger partial charge < -0.3 is 21.1 Å². The van der Waals surface area contributed by atoms with Crippen molar-refractivity contribution in [3.8, 4) is 0 Å². The highest BCUT2D eigenvalue weighted by molar-refractivity contribution is 7.89. The van der Waals surface area contributed by atoms with Crippen LogP contribution in [0.3, 0.4) is 0 Å². The van der Waals surface area contributed by atoms with Gasteiger partial charge in [-0.1, -0.05) is 63.2 Å². The number of carbonyl (C=O) groups is 2. The van der Waals surface area contributed by atoms with E-state index < -0.39 is 21.5 Å². The van der Waals surface area contributed by atoms with Gasteiger partial charge in [-0.3, -0.25) is 14.6 Å². The van der Waals surface area contributed by atoms with Crippen molar-refractivity contribution in [3.05, 3.63) is 65.7 Å². The zero-order valence-electron chi connectivity index (χ0n) is 24.9. The van der Waals surface area contributed by atoms with E-state index in [0.29, 0.717) is 38.5 Å². The van der Waals surface area contributed by atoms with Crippen LogP contribution in [0.2, 0.25) is 0 Å². The number of amides is 1. The molecule has 5 N–H and O–H groups in total. The Balaban J connectivity index is 1.73. The van der Waals surface area contributed by atoms with Gasteiger partial charge in [-0.15, -0.1) is 0 Å². The second kappa shape index (κ2) is 15.2. The van der Waals surface area contributed by atoms with Crippen molar-refractivity contribution >= 4 is 27.9 Å². The molecule has 42 heavy (non-hydrogen) atoms. The van der Waals surface area contributed by atoms with Crippen molar-refractivity contribution in [3.63, 3.8) is 0 Å². The molecule has 0 spiro atoms. The monoisotopic (exact) mass is 599 g/mol. The number of nitrogens with one attached hydrogen (secondary N) is 1. The summed E-state index contributed by atoms with van der Waals surface area (Å²) in [6, 6.07) is 15.8. The van der Waals surface area contributed by atoms with E-state index in [1.54, 1.807) is 30.0 Å². The van der Waals surface area contributed by atoms with Crippen molar-refractivity contribution in [2.45, 2.75) is 75.6 Å². The maximum Gasteiger partial charge on any atom is 0.305 e. The summed E-state index contributed by atoms with van der Waals surface area (Å²) in [5.41, 5.74) is 12.4. The Morgan fingerprint density at radius 1 is 1.07 bits per heavy atom. The normalized spacial score (nSPS) is 15.2. The van der Waals surface area contributed by atoms with Gasteiger partial charge in [0.25, 0.3) is 0 Å². The minimum atomic E-state index is -4.03. The Hall–Kier alpha value is -3.44. The van der Waals surface area contributed by atoms with Crippen LogP contribution in [-0.4, -0.2) is 63.4 Å². The predicted molar refractivity (Wildman–Crippen MR) is 164 cm³/mol. The summed E-state index contributed by atoms with van der Waals surface area (Å²) in [7, 11) is -4.03. The number of likely N-dealkylation sites (tertiary alicyclic amines) is 1. The van der Waals surface area contributed by atoms with Crippen molar-refractivity contribution < 1.29 is 22.7 Å². The van der Waals surface area contributed by atoms with E-state index >= 15 is 0 Å². The molecule has 3 rings (SSSR count). The molecule has 1 unspecified atom stereocenters. The fourth-order valence-corrected chi connectivity index (χ4v) is 6.44. The molecule has 0 saturated carbocycles. The molecule has 1 amide bonds. The van der Waals surface area contributed by atoms with Crippen LogP contribution in [0.1, 0.15) is 70.4 Å². The molecule has 2 aromatic rings. The van der Waals surface area contributed by atoms with E-state index in [2.05, 4.69) is 23.6 Å². The molecule has 1 heterocycles. The Bertz CT molecular complexity index is 1320. The lowest BCUT2D eigenvalue weighted by Gasteiger charge is -2.34. The van der Waals surface area contributed by atoms with E-state index in [1.165, 1.54) is 0 Å². The highest BCUT2D eigenvalue weighted by Gasteiger charge is 2.32. The smallest absolute Gasteiger partial charge is 0.305 e. The van der Waals surface area contributed by atoms with E-state index in [0.717, 1.165) is 30.4 Å². The van der Waals surface area contributed by atoms with Crippen LogP contribution in [0.4, 0.5) is 0 Å². The summed E-state index contributed by atoms with van der Waals surface area (Å²) in [6.07, 6.45) is 3.30. The highest BCUT2D eigenvalue weighted by atomic mass is 32.2. The van der Waals surface area contributed by atoms with Crippen LogP contribution >= 0.6 is 0 Å². The van der Waals surface area contributed by atoms with Crippen LogP contribution in [0.25, 0.3) is 0 Å². The van der Waals surface area contributed by atoms with Gasteiger partial charge in [-0.2, -0.15) is 4.72 Å². The van der Waals surface area contributed by atoms with Gasteiger partial charge in [0.1, 0.15) is 6.04 Å². The van der Waals surface area contributed by atoms with Gasteiger partial charge in [0.2, 0.25) is 15.9 Å². The van der Waals surface area contributed by atoms with Gasteiger partial charge in [0, 0.05) is 31.5 Å². The summed E-state index contributed by atoms with van der Waals surface area (Å²) in [5.74, 6) is -0.193. The van der Waals surface area contributed by atoms with Crippen LogP contribution in [0.15, 0.2) is 64.5 Å². The predicted octanol–water partition coefficient (Wildman–Crippen LogP) is 3.29. The zero-order valence-corrected chi connectivity index (χ0v) is 25.7. The number of nitrogens with two attached hydrogens (primary N) is 2. The number of ether oxygens (including phenoxy) is 1. The second-order valence-corrected chi connectivity index (χ2v) is 13.0. The van der Waals surface area contributed by atoms with Crippen molar-refractivity contribution in [2.24, 2.45) is 22.4 Å². The Morgan fingerprint density at radius 3 is 2.38 bits per heavy atom. The molecule has 1 aliphatic heterocycles. The lowest BCUT2D eigenvalue weighted by Crippen LogP contribution is -2.50. The summed E-state index contributed by atoms with van der Waals surface area (Å²) in [4.78, 5) is 30.9. The lowest BCUT2D eigenvalue weighted by molar-refractivity contribution is -0.143. The first kappa shape index (κ1) is 33.1. The SMILES string of the molecule is CCC(=O)OCCC1CCN(C(=O)C(CCCN=C(N)N)NS(=O)(=O)c2cccc(C(C)(C)c3ccccc3)c2)CC1. The van der Waals surface area contributed by atoms with Gasteiger partial charge >= 0.3 is 5.97 Å². The maximum absolute atomic E-state index is 13.6. The Morgan fingerprint density at radius 2 is 1.74 bits per heavy atom. The Labute approximate surface area is 249 Å². The molecule has 0 bridgehead atoms. The first-order valence-electron chi connectivity index (χ1n) is 14.6. The van der Waals surface area contributed by atoms with Gasteiger partial charge in [-0.25, -0.2) is 8.42 Å². The number of rotatable bonds is 14. The average Bonchev–Trinajstić information content (AvgIpc) is 2.99. The summed E-state index contributed by atoms with van der Waals surface area (Å²) < 4.78 is 35.2. The molecule has 0 radical (unpaired) electrons. The minimum absolute atomic E-state index is 0.0528. The number of sulfonamides is 1. The number of aliphatic imine (C=N–C) groups is 1. The molecule has 230 valence electrons. The fraction of sp³-hybridized carbons (Fsp3) is 0.516. The molecule has 10 nitrogen and oxygen atoms in total. The molecule has 1 fully saturated rings. The number of hydrogen-bond donors (Lipinski definition) is 3. The minimum Gasteiger partial charge on any atom is -0.466 e. The maximum atomic E-state index is 13.6. The number of nitrogens with zero attached hydrogens (tertiary/aromatic N) is 2. The van der Waals surface area contributed by atoms with E-state index in [9.17, 15) is 18.0 Å². The zero-order chi connectivity index (χ0) is 30.8. The van der Waals surface area contributed by atoms with E-state index in [1.807, 2.05) is 36.4 Å². The molecule has 0 aromatic heterocycles. The molecule has 1 aliphatic rings. The fourth-order valence-electron chi connectivity index (χ4n) is 5.17. The quantitative estimate of drug-likeness (QED) is 0.130. The largest absolute Gasteiger partial charge is 0.466 e. The first-order valence-corrected chi connectivity index (χ1v) is 16.1. The third-order valence-corrected chi connectivity index (χ3v) is 9.38. The lowest BCUT2D eigenvalue weighted by atomic mass is 9.78. The molecule has 2 aromatic carbocycles. The molecule has 11 heteroatoms. The standard InChI is InChI=1S/C31H45N5O5S/c1-4-28(37)41-21-17-23-15-19-36(20-16-23)29(38)27(14-9-18-34-30(32)33)35-42(39,40)26-13-8-12-25(22-26)31(2,3)24-10-6-5-7-11-24/h5-8,10-13,22-23,27,35H,4,9,14-21H2,1-3H3,(H4,32,33,34). The average molecular weight is 600 g/mol. The summed E-state index contributed by atoms with van der Waals surface area (Å²) in [5, 5.41) is 0. The number of guanidine groups is 1. The number of hydrogen-bond acceptors (Lipinski definition) is 6. The Kier molecular flexibility index (Phi) is 11.9. The third kappa shape index (κ3) is 9.29.